The van der Waals surface area contributed by atoms with E-state index in [1.54, 1.807) is 6.92 Å². The highest BCUT2D eigenvalue weighted by Crippen LogP contribution is 1.97. The Morgan fingerprint density at radius 1 is 1.43 bits per heavy atom. The number of aliphatic hydroxyl groups is 1. The van der Waals surface area contributed by atoms with Crippen LogP contribution in [-0.2, 0) is 4.79 Å². The maximum absolute atomic E-state index is 10.2. The SMILES string of the molecule is C/C(=C\CC(C)O)C(=O)O.CN(C)C. The van der Waals surface area contributed by atoms with Gasteiger partial charge in [0.25, 0.3) is 0 Å². The molecule has 0 heterocycles. The first-order valence-corrected chi connectivity index (χ1v) is 4.46. The van der Waals surface area contributed by atoms with E-state index in [0.29, 0.717) is 6.42 Å². The van der Waals surface area contributed by atoms with Crippen molar-refractivity contribution < 1.29 is 15.0 Å². The Morgan fingerprint density at radius 2 is 1.79 bits per heavy atom. The van der Waals surface area contributed by atoms with Gasteiger partial charge in [-0.25, -0.2) is 4.79 Å². The molecule has 0 radical (unpaired) electrons. The third kappa shape index (κ3) is 17.3. The van der Waals surface area contributed by atoms with Crippen molar-refractivity contribution in [2.75, 3.05) is 21.1 Å². The van der Waals surface area contributed by atoms with Crippen LogP contribution in [0.2, 0.25) is 0 Å². The van der Waals surface area contributed by atoms with Crippen LogP contribution in [0.15, 0.2) is 11.6 Å². The van der Waals surface area contributed by atoms with Crippen molar-refractivity contribution in [2.24, 2.45) is 0 Å². The Kier molecular flexibility index (Phi) is 9.71. The van der Waals surface area contributed by atoms with Crippen molar-refractivity contribution in [3.63, 3.8) is 0 Å². The van der Waals surface area contributed by atoms with Crippen molar-refractivity contribution in [1.29, 1.82) is 0 Å². The van der Waals surface area contributed by atoms with Crippen LogP contribution in [0.25, 0.3) is 0 Å². The van der Waals surface area contributed by atoms with Gasteiger partial charge in [-0.05, 0) is 41.4 Å². The van der Waals surface area contributed by atoms with E-state index in [-0.39, 0.29) is 5.57 Å². The molecule has 0 aliphatic rings. The summed E-state index contributed by atoms with van der Waals surface area (Å²) in [5, 5.41) is 17.1. The van der Waals surface area contributed by atoms with E-state index >= 15 is 0 Å². The number of aliphatic hydroxyl groups excluding tert-OH is 1. The monoisotopic (exact) mass is 203 g/mol. The van der Waals surface area contributed by atoms with Crippen LogP contribution in [-0.4, -0.2) is 48.3 Å². The fourth-order valence-electron chi connectivity index (χ4n) is 0.435. The topological polar surface area (TPSA) is 60.8 Å². The molecule has 4 heteroatoms. The zero-order chi connectivity index (χ0) is 11.7. The average molecular weight is 203 g/mol. The summed E-state index contributed by atoms with van der Waals surface area (Å²) < 4.78 is 0. The number of nitrogens with zero attached hydrogens (tertiary/aromatic N) is 1. The van der Waals surface area contributed by atoms with Gasteiger partial charge in [0.1, 0.15) is 0 Å². The molecule has 0 amide bonds. The molecule has 0 aromatic heterocycles. The highest BCUT2D eigenvalue weighted by Gasteiger charge is 1.99. The summed E-state index contributed by atoms with van der Waals surface area (Å²) in [4.78, 5) is 12.2. The van der Waals surface area contributed by atoms with Gasteiger partial charge in [-0.15, -0.1) is 0 Å². The summed E-state index contributed by atoms with van der Waals surface area (Å²) >= 11 is 0. The van der Waals surface area contributed by atoms with Crippen LogP contribution in [0, 0.1) is 0 Å². The van der Waals surface area contributed by atoms with Gasteiger partial charge in [0, 0.05) is 5.57 Å². The van der Waals surface area contributed by atoms with E-state index in [9.17, 15) is 4.79 Å². The Bertz CT molecular complexity index is 183. The zero-order valence-corrected chi connectivity index (χ0v) is 9.61. The molecule has 1 unspecified atom stereocenters. The summed E-state index contributed by atoms with van der Waals surface area (Å²) in [7, 11) is 6.00. The Labute approximate surface area is 85.8 Å². The molecule has 1 atom stereocenters. The van der Waals surface area contributed by atoms with Gasteiger partial charge >= 0.3 is 5.97 Å². The molecule has 0 fully saturated rings. The van der Waals surface area contributed by atoms with Gasteiger partial charge in [-0.1, -0.05) is 6.08 Å². The maximum Gasteiger partial charge on any atom is 0.330 e. The number of hydrogen-bond donors (Lipinski definition) is 2. The van der Waals surface area contributed by atoms with Gasteiger partial charge < -0.3 is 15.1 Å². The summed E-state index contributed by atoms with van der Waals surface area (Å²) in [6, 6.07) is 0. The van der Waals surface area contributed by atoms with Crippen molar-refractivity contribution in [1.82, 2.24) is 4.90 Å². The predicted octanol–water partition coefficient (Wildman–Crippen LogP) is 0.966. The lowest BCUT2D eigenvalue weighted by Gasteiger charge is -1.97. The van der Waals surface area contributed by atoms with Crippen LogP contribution < -0.4 is 0 Å². The van der Waals surface area contributed by atoms with Crippen LogP contribution in [0.3, 0.4) is 0 Å². The lowest BCUT2D eigenvalue weighted by molar-refractivity contribution is -0.132. The summed E-state index contributed by atoms with van der Waals surface area (Å²) in [5.41, 5.74) is 0.279. The van der Waals surface area contributed by atoms with Crippen LogP contribution in [0.5, 0.6) is 0 Å². The average Bonchev–Trinajstić information content (AvgIpc) is 1.98. The first-order chi connectivity index (χ1) is 6.27. The fourth-order valence-corrected chi connectivity index (χ4v) is 0.435. The van der Waals surface area contributed by atoms with Crippen molar-refractivity contribution >= 4 is 5.97 Å². The zero-order valence-electron chi connectivity index (χ0n) is 9.61. The number of aliphatic carboxylic acids is 1. The minimum absolute atomic E-state index is 0.279. The van der Waals surface area contributed by atoms with E-state index < -0.39 is 12.1 Å². The lowest BCUT2D eigenvalue weighted by Crippen LogP contribution is -2.00. The minimum Gasteiger partial charge on any atom is -0.478 e. The molecule has 0 saturated carbocycles. The molecule has 0 aliphatic carbocycles. The number of rotatable bonds is 3. The largest absolute Gasteiger partial charge is 0.478 e. The normalized spacial score (nSPS) is 13.2. The fraction of sp³-hybridized carbons (Fsp3) is 0.700. The molecule has 0 aromatic rings. The molecule has 0 aromatic carbocycles. The molecule has 0 rings (SSSR count). The van der Waals surface area contributed by atoms with Crippen molar-refractivity contribution in [2.45, 2.75) is 26.4 Å². The lowest BCUT2D eigenvalue weighted by atomic mass is 10.2. The first kappa shape index (κ1) is 15.6. The minimum atomic E-state index is -0.930. The standard InChI is InChI=1S/C7H12O3.C3H9N/c1-5(7(9)10)3-4-6(2)8;1-4(2)3/h3,6,8H,4H2,1-2H3,(H,9,10);1-3H3/b5-3+;. The molecule has 14 heavy (non-hydrogen) atoms. The van der Waals surface area contributed by atoms with Crippen LogP contribution in [0.1, 0.15) is 20.3 Å². The quantitative estimate of drug-likeness (QED) is 0.671. The molecule has 0 spiro atoms. The molecule has 0 saturated heterocycles. The van der Waals surface area contributed by atoms with Gasteiger partial charge in [0.05, 0.1) is 6.10 Å². The molecule has 2 N–H and O–H groups in total. The Hall–Kier alpha value is -0.870. The number of carbonyl (C=O) groups is 1. The molecular formula is C10H21NO3. The maximum atomic E-state index is 10.2. The smallest absolute Gasteiger partial charge is 0.330 e. The van der Waals surface area contributed by atoms with Gasteiger partial charge in [-0.2, -0.15) is 0 Å². The second-order valence-electron chi connectivity index (χ2n) is 3.62. The van der Waals surface area contributed by atoms with Crippen LogP contribution in [0.4, 0.5) is 0 Å². The van der Waals surface area contributed by atoms with Gasteiger partial charge in [-0.3, -0.25) is 0 Å². The third-order valence-corrected chi connectivity index (χ3v) is 1.10. The van der Waals surface area contributed by atoms with E-state index in [1.807, 2.05) is 26.0 Å². The van der Waals surface area contributed by atoms with E-state index in [4.69, 9.17) is 10.2 Å². The van der Waals surface area contributed by atoms with Gasteiger partial charge in [0.15, 0.2) is 0 Å². The molecule has 0 aliphatic heterocycles. The first-order valence-electron chi connectivity index (χ1n) is 4.46. The molecule has 0 bridgehead atoms. The Morgan fingerprint density at radius 3 is 2.00 bits per heavy atom. The highest BCUT2D eigenvalue weighted by atomic mass is 16.4. The van der Waals surface area contributed by atoms with E-state index in [2.05, 4.69) is 0 Å². The highest BCUT2D eigenvalue weighted by molar-refractivity contribution is 5.85. The molecule has 84 valence electrons. The second-order valence-corrected chi connectivity index (χ2v) is 3.62. The van der Waals surface area contributed by atoms with E-state index in [1.165, 1.54) is 13.0 Å². The van der Waals surface area contributed by atoms with Crippen LogP contribution >= 0.6 is 0 Å². The molecular weight excluding hydrogens is 182 g/mol. The molecule has 4 nitrogen and oxygen atoms in total. The summed E-state index contributed by atoms with van der Waals surface area (Å²) in [6.07, 6.45) is 1.44. The van der Waals surface area contributed by atoms with Crippen molar-refractivity contribution in [3.05, 3.63) is 11.6 Å². The number of carboxylic acid groups (broad SMARTS) is 1. The number of hydrogen-bond acceptors (Lipinski definition) is 3. The second kappa shape index (κ2) is 8.72. The van der Waals surface area contributed by atoms with E-state index in [0.717, 1.165) is 0 Å². The third-order valence-electron chi connectivity index (χ3n) is 1.10. The Balaban J connectivity index is 0. The van der Waals surface area contributed by atoms with Gasteiger partial charge in [0.2, 0.25) is 0 Å². The summed E-state index contributed by atoms with van der Waals surface area (Å²) in [6.45, 7) is 3.12. The summed E-state index contributed by atoms with van der Waals surface area (Å²) in [5.74, 6) is -0.930. The van der Waals surface area contributed by atoms with Crippen molar-refractivity contribution in [3.8, 4) is 0 Å². The predicted molar refractivity (Wildman–Crippen MR) is 57.3 cm³/mol. The number of carboxylic acids is 1.